The third kappa shape index (κ3) is 2.80. The van der Waals surface area contributed by atoms with Crippen molar-refractivity contribution >= 4 is 23.5 Å². The maximum Gasteiger partial charge on any atom is 0.359 e. The van der Waals surface area contributed by atoms with Crippen LogP contribution in [0.4, 0.5) is 0 Å². The highest BCUT2D eigenvalue weighted by molar-refractivity contribution is 6.30. The molecule has 0 aliphatic heterocycles. The van der Waals surface area contributed by atoms with Crippen LogP contribution in [-0.2, 0) is 11.3 Å². The van der Waals surface area contributed by atoms with Crippen molar-refractivity contribution in [1.29, 1.82) is 0 Å². The van der Waals surface area contributed by atoms with Crippen LogP contribution in [0.5, 0.6) is 0 Å². The molecule has 2 rings (SSSR count). The molecule has 0 amide bonds. The molecule has 1 aromatic carbocycles. The lowest BCUT2D eigenvalue weighted by Crippen LogP contribution is -2.14. The molecule has 7 heteroatoms. The number of hydrogen-bond donors (Lipinski definition) is 1. The third-order valence-corrected chi connectivity index (χ3v) is 2.94. The van der Waals surface area contributed by atoms with E-state index in [-0.39, 0.29) is 17.9 Å². The second-order valence-corrected chi connectivity index (χ2v) is 4.43. The minimum Gasteiger partial charge on any atom is -0.476 e. The second-order valence-electron chi connectivity index (χ2n) is 3.99. The summed E-state index contributed by atoms with van der Waals surface area (Å²) in [5, 5.41) is 9.80. The molecule has 2 aromatic rings. The molecule has 0 bridgehead atoms. The number of hydrogen-bond acceptors (Lipinski definition) is 4. The van der Waals surface area contributed by atoms with Gasteiger partial charge in [-0.25, -0.2) is 14.6 Å². The van der Waals surface area contributed by atoms with Gasteiger partial charge in [0.25, 0.3) is 0 Å². The molecule has 0 radical (unpaired) electrons. The van der Waals surface area contributed by atoms with Crippen molar-refractivity contribution in [2.45, 2.75) is 6.54 Å². The first-order chi connectivity index (χ1) is 9.52. The Morgan fingerprint density at radius 2 is 2.00 bits per heavy atom. The van der Waals surface area contributed by atoms with Gasteiger partial charge in [0, 0.05) is 11.6 Å². The predicted octanol–water partition coefficient (Wildman–Crippen LogP) is 2.07. The van der Waals surface area contributed by atoms with Crippen LogP contribution in [0.3, 0.4) is 0 Å². The Morgan fingerprint density at radius 1 is 1.35 bits per heavy atom. The Kier molecular flexibility index (Phi) is 4.05. The summed E-state index contributed by atoms with van der Waals surface area (Å²) >= 11 is 5.79. The predicted molar refractivity (Wildman–Crippen MR) is 71.1 cm³/mol. The van der Waals surface area contributed by atoms with E-state index in [1.165, 1.54) is 18.0 Å². The van der Waals surface area contributed by atoms with Crippen LogP contribution >= 0.6 is 11.6 Å². The number of carbonyl (C=O) groups excluding carboxylic acids is 1. The van der Waals surface area contributed by atoms with E-state index >= 15 is 0 Å². The van der Waals surface area contributed by atoms with Crippen LogP contribution in [0.1, 0.15) is 26.5 Å². The van der Waals surface area contributed by atoms with Crippen LogP contribution in [-0.4, -0.2) is 33.7 Å². The van der Waals surface area contributed by atoms with Gasteiger partial charge in [0.1, 0.15) is 0 Å². The number of methoxy groups -OCH3 is 1. The first kappa shape index (κ1) is 14.1. The van der Waals surface area contributed by atoms with Crippen molar-refractivity contribution in [1.82, 2.24) is 9.55 Å². The summed E-state index contributed by atoms with van der Waals surface area (Å²) in [4.78, 5) is 26.6. The van der Waals surface area contributed by atoms with E-state index in [1.807, 2.05) is 0 Å². The number of esters is 1. The SMILES string of the molecule is COC(=O)c1ncn(Cc2ccc(Cl)cc2)c1C(=O)O. The molecule has 0 saturated carbocycles. The molecule has 0 spiro atoms. The number of carboxylic acids is 1. The van der Waals surface area contributed by atoms with Crippen LogP contribution < -0.4 is 0 Å². The first-order valence-electron chi connectivity index (χ1n) is 5.64. The highest BCUT2D eigenvalue weighted by Crippen LogP contribution is 2.14. The van der Waals surface area contributed by atoms with Gasteiger partial charge in [-0.1, -0.05) is 23.7 Å². The van der Waals surface area contributed by atoms with Crippen molar-refractivity contribution in [3.8, 4) is 0 Å². The zero-order chi connectivity index (χ0) is 14.7. The summed E-state index contributed by atoms with van der Waals surface area (Å²) in [6.45, 7) is 0.267. The van der Waals surface area contributed by atoms with E-state index in [1.54, 1.807) is 24.3 Å². The number of nitrogens with zero attached hydrogens (tertiary/aromatic N) is 2. The van der Waals surface area contributed by atoms with Crippen LogP contribution in [0.2, 0.25) is 5.02 Å². The largest absolute Gasteiger partial charge is 0.476 e. The highest BCUT2D eigenvalue weighted by atomic mass is 35.5. The summed E-state index contributed by atoms with van der Waals surface area (Å²) in [6, 6.07) is 6.95. The molecule has 20 heavy (non-hydrogen) atoms. The Labute approximate surface area is 119 Å². The molecule has 0 saturated heterocycles. The van der Waals surface area contributed by atoms with Gasteiger partial charge in [-0.05, 0) is 17.7 Å². The quantitative estimate of drug-likeness (QED) is 0.873. The average Bonchev–Trinajstić information content (AvgIpc) is 2.84. The second kappa shape index (κ2) is 5.75. The van der Waals surface area contributed by atoms with E-state index < -0.39 is 11.9 Å². The fourth-order valence-corrected chi connectivity index (χ4v) is 1.88. The lowest BCUT2D eigenvalue weighted by molar-refractivity contribution is 0.0574. The summed E-state index contributed by atoms with van der Waals surface area (Å²) in [5.41, 5.74) is 0.423. The first-order valence-corrected chi connectivity index (χ1v) is 6.02. The standard InChI is InChI=1S/C13H11ClN2O4/c1-20-13(19)10-11(12(17)18)16(7-15-10)6-8-2-4-9(14)5-3-8/h2-5,7H,6H2,1H3,(H,17,18). The molecule has 0 unspecified atom stereocenters. The fourth-order valence-electron chi connectivity index (χ4n) is 1.76. The number of carbonyl (C=O) groups is 2. The maximum atomic E-state index is 11.5. The van der Waals surface area contributed by atoms with Gasteiger partial charge in [0.2, 0.25) is 0 Å². The average molecular weight is 295 g/mol. The molecule has 0 aliphatic carbocycles. The lowest BCUT2D eigenvalue weighted by Gasteiger charge is -2.06. The minimum atomic E-state index is -1.24. The molecule has 1 aromatic heterocycles. The number of aromatic nitrogens is 2. The molecular formula is C13H11ClN2O4. The highest BCUT2D eigenvalue weighted by Gasteiger charge is 2.23. The third-order valence-electron chi connectivity index (χ3n) is 2.69. The molecule has 0 atom stereocenters. The number of rotatable bonds is 4. The molecule has 1 heterocycles. The molecule has 6 nitrogen and oxygen atoms in total. The molecule has 0 aliphatic rings. The van der Waals surface area contributed by atoms with Crippen molar-refractivity contribution in [2.75, 3.05) is 7.11 Å². The van der Waals surface area contributed by atoms with Crippen molar-refractivity contribution < 1.29 is 19.4 Å². The molecule has 0 fully saturated rings. The minimum absolute atomic E-state index is 0.202. The maximum absolute atomic E-state index is 11.5. The van der Waals surface area contributed by atoms with Gasteiger partial charge < -0.3 is 14.4 Å². The molecule has 104 valence electrons. The zero-order valence-electron chi connectivity index (χ0n) is 10.5. The van der Waals surface area contributed by atoms with E-state index in [0.717, 1.165) is 5.56 Å². The number of benzene rings is 1. The lowest BCUT2D eigenvalue weighted by atomic mass is 10.2. The Hall–Kier alpha value is -2.34. The topological polar surface area (TPSA) is 81.4 Å². The number of aromatic carboxylic acids is 1. The van der Waals surface area contributed by atoms with Crippen molar-refractivity contribution in [3.63, 3.8) is 0 Å². The number of ether oxygens (including phenoxy) is 1. The van der Waals surface area contributed by atoms with E-state index in [2.05, 4.69) is 9.72 Å². The van der Waals surface area contributed by atoms with Gasteiger partial charge in [-0.15, -0.1) is 0 Å². The Bertz CT molecular complexity index is 649. The fraction of sp³-hybridized carbons (Fsp3) is 0.154. The van der Waals surface area contributed by atoms with Crippen molar-refractivity contribution in [3.05, 3.63) is 52.6 Å². The van der Waals surface area contributed by atoms with Crippen LogP contribution in [0, 0.1) is 0 Å². The summed E-state index contributed by atoms with van der Waals surface area (Å²) in [7, 11) is 1.17. The van der Waals surface area contributed by atoms with E-state index in [9.17, 15) is 14.7 Å². The molecular weight excluding hydrogens is 284 g/mol. The van der Waals surface area contributed by atoms with Gasteiger partial charge in [-0.2, -0.15) is 0 Å². The van der Waals surface area contributed by atoms with E-state index in [4.69, 9.17) is 11.6 Å². The number of imidazole rings is 1. The number of halogens is 1. The monoisotopic (exact) mass is 294 g/mol. The molecule has 1 N–H and O–H groups in total. The number of carboxylic acid groups (broad SMARTS) is 1. The zero-order valence-corrected chi connectivity index (χ0v) is 11.3. The Balaban J connectivity index is 2.37. The van der Waals surface area contributed by atoms with Crippen LogP contribution in [0.25, 0.3) is 0 Å². The van der Waals surface area contributed by atoms with Gasteiger partial charge in [0.05, 0.1) is 13.4 Å². The van der Waals surface area contributed by atoms with Gasteiger partial charge in [-0.3, -0.25) is 0 Å². The summed E-state index contributed by atoms with van der Waals surface area (Å²) in [5.74, 6) is -2.02. The Morgan fingerprint density at radius 3 is 2.55 bits per heavy atom. The normalized spacial score (nSPS) is 10.3. The summed E-state index contributed by atoms with van der Waals surface area (Å²) in [6.07, 6.45) is 1.30. The van der Waals surface area contributed by atoms with Gasteiger partial charge in [0.15, 0.2) is 11.4 Å². The van der Waals surface area contributed by atoms with Gasteiger partial charge >= 0.3 is 11.9 Å². The van der Waals surface area contributed by atoms with Crippen LogP contribution in [0.15, 0.2) is 30.6 Å². The smallest absolute Gasteiger partial charge is 0.359 e. The summed E-state index contributed by atoms with van der Waals surface area (Å²) < 4.78 is 5.88. The van der Waals surface area contributed by atoms with E-state index in [0.29, 0.717) is 5.02 Å². The van der Waals surface area contributed by atoms with Crippen molar-refractivity contribution in [2.24, 2.45) is 0 Å².